The van der Waals surface area contributed by atoms with Gasteiger partial charge in [0.05, 0.1) is 19.9 Å². The standard InChI is InChI=1S/C24H26N2O3/c1-17-9-11-19(12-10-17)24(18-7-5-4-6-8-18)25-16-23(27)26-21-15-20(28-2)13-14-22(21)29-3/h4-15,24-25H,16H2,1-3H3,(H,26,27)/p+1/t24-/m0/s1. The first-order valence-electron chi connectivity index (χ1n) is 9.57. The molecule has 0 unspecified atom stereocenters. The minimum atomic E-state index is -0.107. The zero-order valence-corrected chi connectivity index (χ0v) is 17.0. The molecule has 3 rings (SSSR count). The van der Waals surface area contributed by atoms with E-state index in [0.717, 1.165) is 11.1 Å². The molecular formula is C24H27N2O3+. The van der Waals surface area contributed by atoms with Crippen molar-refractivity contribution >= 4 is 11.6 Å². The fourth-order valence-electron chi connectivity index (χ4n) is 3.24. The summed E-state index contributed by atoms with van der Waals surface area (Å²) < 4.78 is 10.6. The smallest absolute Gasteiger partial charge is 0.279 e. The SMILES string of the molecule is COc1ccc(OC)c(NC(=O)C[NH2+][C@@H](c2ccccc2)c2ccc(C)cc2)c1. The number of amides is 1. The summed E-state index contributed by atoms with van der Waals surface area (Å²) in [5, 5.41) is 4.97. The number of ether oxygens (including phenoxy) is 2. The molecule has 0 radical (unpaired) electrons. The molecule has 150 valence electrons. The molecule has 0 aliphatic heterocycles. The Morgan fingerprint density at radius 3 is 2.28 bits per heavy atom. The number of quaternary nitrogens is 1. The van der Waals surface area contributed by atoms with E-state index < -0.39 is 0 Å². The molecule has 0 heterocycles. The van der Waals surface area contributed by atoms with Gasteiger partial charge in [-0.15, -0.1) is 0 Å². The van der Waals surface area contributed by atoms with Gasteiger partial charge >= 0.3 is 0 Å². The van der Waals surface area contributed by atoms with Crippen LogP contribution in [0, 0.1) is 6.92 Å². The highest BCUT2D eigenvalue weighted by molar-refractivity contribution is 5.93. The summed E-state index contributed by atoms with van der Waals surface area (Å²) in [7, 11) is 3.17. The number of methoxy groups -OCH3 is 2. The number of nitrogens with one attached hydrogen (secondary N) is 1. The lowest BCUT2D eigenvalue weighted by molar-refractivity contribution is -0.676. The first kappa shape index (κ1) is 20.4. The Bertz CT molecular complexity index is 940. The van der Waals surface area contributed by atoms with Crippen LogP contribution in [0.1, 0.15) is 22.7 Å². The topological polar surface area (TPSA) is 64.2 Å². The maximum absolute atomic E-state index is 12.7. The average molecular weight is 391 g/mol. The monoisotopic (exact) mass is 391 g/mol. The van der Waals surface area contributed by atoms with Crippen LogP contribution in [0.4, 0.5) is 5.69 Å². The lowest BCUT2D eigenvalue weighted by Gasteiger charge is -2.17. The lowest BCUT2D eigenvalue weighted by Crippen LogP contribution is -2.87. The number of carbonyl (C=O) groups excluding carboxylic acids is 1. The molecule has 3 aromatic carbocycles. The van der Waals surface area contributed by atoms with Crippen molar-refractivity contribution in [2.45, 2.75) is 13.0 Å². The maximum Gasteiger partial charge on any atom is 0.279 e. The van der Waals surface area contributed by atoms with Gasteiger partial charge in [-0.2, -0.15) is 0 Å². The van der Waals surface area contributed by atoms with Crippen molar-refractivity contribution < 1.29 is 19.6 Å². The van der Waals surface area contributed by atoms with E-state index in [1.165, 1.54) is 5.56 Å². The molecule has 0 aromatic heterocycles. The molecule has 3 N–H and O–H groups in total. The van der Waals surface area contributed by atoms with Crippen LogP contribution >= 0.6 is 0 Å². The summed E-state index contributed by atoms with van der Waals surface area (Å²) in [6, 6.07) is 24.0. The molecule has 0 spiro atoms. The summed E-state index contributed by atoms with van der Waals surface area (Å²) >= 11 is 0. The van der Waals surface area contributed by atoms with Crippen LogP contribution in [0.3, 0.4) is 0 Å². The molecule has 0 aliphatic rings. The molecule has 0 aliphatic carbocycles. The fraction of sp³-hybridized carbons (Fsp3) is 0.208. The Kier molecular flexibility index (Phi) is 6.87. The Morgan fingerprint density at radius 2 is 1.62 bits per heavy atom. The third kappa shape index (κ3) is 5.36. The van der Waals surface area contributed by atoms with Crippen LogP contribution in [0.15, 0.2) is 72.8 Å². The van der Waals surface area contributed by atoms with E-state index in [1.807, 2.05) is 23.5 Å². The molecule has 0 fully saturated rings. The summed E-state index contributed by atoms with van der Waals surface area (Å²) in [4.78, 5) is 12.7. The second-order valence-corrected chi connectivity index (χ2v) is 6.85. The van der Waals surface area contributed by atoms with E-state index >= 15 is 0 Å². The molecule has 0 bridgehead atoms. The van der Waals surface area contributed by atoms with Crippen molar-refractivity contribution in [2.75, 3.05) is 26.1 Å². The van der Waals surface area contributed by atoms with Crippen molar-refractivity contribution in [1.82, 2.24) is 0 Å². The van der Waals surface area contributed by atoms with Gasteiger partial charge in [0.15, 0.2) is 6.54 Å². The van der Waals surface area contributed by atoms with Crippen molar-refractivity contribution in [3.05, 3.63) is 89.5 Å². The predicted octanol–water partition coefficient (Wildman–Crippen LogP) is 3.30. The molecule has 0 saturated heterocycles. The number of hydrogen-bond donors (Lipinski definition) is 2. The van der Waals surface area contributed by atoms with Gasteiger partial charge in [-0.3, -0.25) is 4.79 Å². The van der Waals surface area contributed by atoms with Gasteiger partial charge in [0, 0.05) is 17.2 Å². The summed E-state index contributed by atoms with van der Waals surface area (Å²) in [5.74, 6) is 1.15. The van der Waals surface area contributed by atoms with E-state index in [-0.39, 0.29) is 18.5 Å². The zero-order valence-electron chi connectivity index (χ0n) is 17.0. The van der Waals surface area contributed by atoms with E-state index in [0.29, 0.717) is 17.2 Å². The molecule has 5 nitrogen and oxygen atoms in total. The first-order chi connectivity index (χ1) is 14.1. The zero-order chi connectivity index (χ0) is 20.6. The first-order valence-corrected chi connectivity index (χ1v) is 9.57. The highest BCUT2D eigenvalue weighted by atomic mass is 16.5. The molecule has 1 amide bonds. The van der Waals surface area contributed by atoms with Gasteiger partial charge in [0.25, 0.3) is 5.91 Å². The minimum Gasteiger partial charge on any atom is -0.497 e. The largest absolute Gasteiger partial charge is 0.497 e. The van der Waals surface area contributed by atoms with E-state index in [2.05, 4.69) is 48.6 Å². The molecule has 29 heavy (non-hydrogen) atoms. The number of nitrogens with two attached hydrogens (primary N) is 1. The Hall–Kier alpha value is -3.31. The Morgan fingerprint density at radius 1 is 0.931 bits per heavy atom. The van der Waals surface area contributed by atoms with Gasteiger partial charge in [0.2, 0.25) is 0 Å². The molecular weight excluding hydrogens is 364 g/mol. The summed E-state index contributed by atoms with van der Waals surface area (Å²) in [5.41, 5.74) is 4.12. The van der Waals surface area contributed by atoms with Crippen LogP contribution in [-0.4, -0.2) is 26.7 Å². The number of benzene rings is 3. The highest BCUT2D eigenvalue weighted by Crippen LogP contribution is 2.28. The highest BCUT2D eigenvalue weighted by Gasteiger charge is 2.19. The van der Waals surface area contributed by atoms with Crippen molar-refractivity contribution in [3.63, 3.8) is 0 Å². The molecule has 1 atom stereocenters. The number of rotatable bonds is 8. The van der Waals surface area contributed by atoms with Gasteiger partial charge in [0.1, 0.15) is 17.5 Å². The third-order valence-corrected chi connectivity index (χ3v) is 4.81. The van der Waals surface area contributed by atoms with E-state index in [1.54, 1.807) is 32.4 Å². The fourth-order valence-corrected chi connectivity index (χ4v) is 3.24. The Balaban J connectivity index is 1.74. The second-order valence-electron chi connectivity index (χ2n) is 6.85. The van der Waals surface area contributed by atoms with Gasteiger partial charge < -0.3 is 20.1 Å². The normalized spacial score (nSPS) is 11.6. The second kappa shape index (κ2) is 9.75. The van der Waals surface area contributed by atoms with Crippen LogP contribution in [0.25, 0.3) is 0 Å². The van der Waals surface area contributed by atoms with Crippen molar-refractivity contribution in [2.24, 2.45) is 0 Å². The lowest BCUT2D eigenvalue weighted by atomic mass is 9.98. The van der Waals surface area contributed by atoms with Crippen molar-refractivity contribution in [3.8, 4) is 11.5 Å². The maximum atomic E-state index is 12.7. The third-order valence-electron chi connectivity index (χ3n) is 4.81. The quantitative estimate of drug-likeness (QED) is 0.619. The van der Waals surface area contributed by atoms with Crippen LogP contribution in [-0.2, 0) is 4.79 Å². The van der Waals surface area contributed by atoms with Crippen LogP contribution in [0.5, 0.6) is 11.5 Å². The number of aryl methyl sites for hydroxylation is 1. The molecule has 0 saturated carbocycles. The van der Waals surface area contributed by atoms with Gasteiger partial charge in [-0.25, -0.2) is 0 Å². The number of anilines is 1. The molecule has 5 heteroatoms. The average Bonchev–Trinajstić information content (AvgIpc) is 2.75. The van der Waals surface area contributed by atoms with Crippen LogP contribution < -0.4 is 20.1 Å². The number of hydrogen-bond acceptors (Lipinski definition) is 3. The minimum absolute atomic E-state index is 0.0368. The van der Waals surface area contributed by atoms with E-state index in [4.69, 9.17) is 9.47 Å². The van der Waals surface area contributed by atoms with Gasteiger partial charge in [-0.05, 0) is 19.1 Å². The molecule has 3 aromatic rings. The Labute approximate surface area is 171 Å². The summed E-state index contributed by atoms with van der Waals surface area (Å²) in [6.45, 7) is 2.34. The van der Waals surface area contributed by atoms with Gasteiger partial charge in [-0.1, -0.05) is 60.2 Å². The van der Waals surface area contributed by atoms with Crippen molar-refractivity contribution in [1.29, 1.82) is 0 Å². The van der Waals surface area contributed by atoms with Crippen LogP contribution in [0.2, 0.25) is 0 Å². The number of carbonyl (C=O) groups is 1. The summed E-state index contributed by atoms with van der Waals surface area (Å²) in [6.07, 6.45) is 0. The predicted molar refractivity (Wildman–Crippen MR) is 114 cm³/mol. The van der Waals surface area contributed by atoms with E-state index in [9.17, 15) is 4.79 Å².